The highest BCUT2D eigenvalue weighted by Gasteiger charge is 2.37. The van der Waals surface area contributed by atoms with E-state index in [4.69, 9.17) is 21.8 Å². The molecule has 9 nitrogen and oxygen atoms in total. The molecule has 2 aromatic carbocycles. The van der Waals surface area contributed by atoms with Gasteiger partial charge in [0.2, 0.25) is 5.91 Å². The van der Waals surface area contributed by atoms with Crippen LogP contribution in [0, 0.1) is 11.6 Å². The Labute approximate surface area is 208 Å². The van der Waals surface area contributed by atoms with Crippen molar-refractivity contribution in [2.45, 2.75) is 17.5 Å². The summed E-state index contributed by atoms with van der Waals surface area (Å²) in [5.41, 5.74) is 6.37. The summed E-state index contributed by atoms with van der Waals surface area (Å²) < 4.78 is 59.8. The van der Waals surface area contributed by atoms with Gasteiger partial charge in [0, 0.05) is 5.02 Å². The summed E-state index contributed by atoms with van der Waals surface area (Å²) in [6, 6.07) is 9.64. The molecule has 4 aromatic rings. The molecule has 1 amide bonds. The standard InChI is InChI=1S/C23H16ClF2N5O4S/c24-13-3-1-12(2-4-13)10-31-19-7-15(16(26)8-20(19)36(33,34)11-17(27)23(31)32)21-29-30-22(35-21)18-6-5-14(25)9-28-18/h1-9,17H,10-11,27H2/t17-/m0/s1. The average molecular weight is 532 g/mol. The molecule has 5 rings (SSSR count). The Kier molecular flexibility index (Phi) is 6.02. The van der Waals surface area contributed by atoms with Crippen molar-refractivity contribution in [2.75, 3.05) is 10.7 Å². The van der Waals surface area contributed by atoms with E-state index < -0.39 is 39.2 Å². The van der Waals surface area contributed by atoms with Gasteiger partial charge < -0.3 is 15.1 Å². The van der Waals surface area contributed by atoms with Crippen LogP contribution in [0.5, 0.6) is 0 Å². The lowest BCUT2D eigenvalue weighted by Gasteiger charge is -2.24. The fourth-order valence-electron chi connectivity index (χ4n) is 3.76. The SMILES string of the molecule is N[C@H]1CS(=O)(=O)c2cc(F)c(-c3nnc(-c4ccc(F)cn4)o3)cc2N(Cc2ccc(Cl)cc2)C1=O. The van der Waals surface area contributed by atoms with E-state index in [1.165, 1.54) is 11.0 Å². The van der Waals surface area contributed by atoms with Gasteiger partial charge in [-0.05, 0) is 42.0 Å². The topological polar surface area (TPSA) is 132 Å². The zero-order chi connectivity index (χ0) is 25.6. The first-order valence-electron chi connectivity index (χ1n) is 10.5. The number of hydrogen-bond acceptors (Lipinski definition) is 8. The number of benzene rings is 2. The number of nitrogens with two attached hydrogens (primary N) is 1. The van der Waals surface area contributed by atoms with Gasteiger partial charge in [0.05, 0.1) is 40.7 Å². The summed E-state index contributed by atoms with van der Waals surface area (Å²) in [6.45, 7) is -0.0497. The predicted octanol–water partition coefficient (Wildman–Crippen LogP) is 3.38. The second-order valence-electron chi connectivity index (χ2n) is 8.01. The molecule has 36 heavy (non-hydrogen) atoms. The van der Waals surface area contributed by atoms with Crippen LogP contribution in [0.25, 0.3) is 23.0 Å². The molecule has 0 fully saturated rings. The van der Waals surface area contributed by atoms with Crippen LogP contribution in [0.3, 0.4) is 0 Å². The Morgan fingerprint density at radius 1 is 1.08 bits per heavy atom. The Balaban J connectivity index is 1.63. The maximum Gasteiger partial charge on any atom is 0.266 e. The van der Waals surface area contributed by atoms with Gasteiger partial charge in [-0.1, -0.05) is 23.7 Å². The minimum atomic E-state index is -4.12. The number of halogens is 3. The molecule has 1 aliphatic heterocycles. The van der Waals surface area contributed by atoms with E-state index >= 15 is 4.39 Å². The van der Waals surface area contributed by atoms with Gasteiger partial charge in [0.1, 0.15) is 17.3 Å². The first kappa shape index (κ1) is 24.0. The van der Waals surface area contributed by atoms with E-state index in [0.29, 0.717) is 10.6 Å². The summed E-state index contributed by atoms with van der Waals surface area (Å²) in [6.07, 6.45) is 0.955. The normalized spacial score (nSPS) is 17.1. The van der Waals surface area contributed by atoms with Crippen LogP contribution < -0.4 is 10.6 Å². The van der Waals surface area contributed by atoms with E-state index in [0.717, 1.165) is 24.4 Å². The number of pyridine rings is 1. The first-order chi connectivity index (χ1) is 17.1. The van der Waals surface area contributed by atoms with Gasteiger partial charge in [-0.25, -0.2) is 22.2 Å². The lowest BCUT2D eigenvalue weighted by molar-refractivity contribution is -0.119. The van der Waals surface area contributed by atoms with Crippen molar-refractivity contribution in [2.24, 2.45) is 5.73 Å². The van der Waals surface area contributed by atoms with Crippen molar-refractivity contribution in [1.82, 2.24) is 15.2 Å². The molecular formula is C23H16ClF2N5O4S. The third kappa shape index (κ3) is 4.45. The van der Waals surface area contributed by atoms with E-state index in [-0.39, 0.29) is 40.2 Å². The molecule has 1 atom stereocenters. The number of hydrogen-bond donors (Lipinski definition) is 1. The monoisotopic (exact) mass is 531 g/mol. The molecule has 3 heterocycles. The van der Waals surface area contributed by atoms with Gasteiger partial charge in [-0.2, -0.15) is 0 Å². The zero-order valence-electron chi connectivity index (χ0n) is 18.2. The minimum Gasteiger partial charge on any atom is -0.414 e. The highest BCUT2D eigenvalue weighted by Crippen LogP contribution is 2.37. The van der Waals surface area contributed by atoms with Crippen LogP contribution in [-0.4, -0.2) is 41.3 Å². The number of amides is 1. The van der Waals surface area contributed by atoms with Crippen molar-refractivity contribution in [3.05, 3.63) is 76.9 Å². The predicted molar refractivity (Wildman–Crippen MR) is 126 cm³/mol. The molecule has 0 saturated heterocycles. The number of sulfone groups is 1. The average Bonchev–Trinajstić information content (AvgIpc) is 3.31. The Bertz CT molecular complexity index is 1580. The number of anilines is 1. The third-order valence-electron chi connectivity index (χ3n) is 5.51. The summed E-state index contributed by atoms with van der Waals surface area (Å²) >= 11 is 5.94. The van der Waals surface area contributed by atoms with Crippen LogP contribution in [0.2, 0.25) is 5.02 Å². The fraction of sp³-hybridized carbons (Fsp3) is 0.130. The molecule has 0 unspecified atom stereocenters. The Morgan fingerprint density at radius 2 is 1.81 bits per heavy atom. The number of rotatable bonds is 4. The molecule has 0 radical (unpaired) electrons. The van der Waals surface area contributed by atoms with Crippen LogP contribution in [0.4, 0.5) is 14.5 Å². The smallest absolute Gasteiger partial charge is 0.266 e. The number of fused-ring (bicyclic) bond motifs is 1. The molecule has 2 N–H and O–H groups in total. The second kappa shape index (κ2) is 9.04. The molecule has 1 aliphatic rings. The maximum atomic E-state index is 15.2. The van der Waals surface area contributed by atoms with Crippen LogP contribution in [0.1, 0.15) is 5.56 Å². The van der Waals surface area contributed by atoms with Crippen molar-refractivity contribution in [3.63, 3.8) is 0 Å². The summed E-state index contributed by atoms with van der Waals surface area (Å²) in [4.78, 5) is 17.8. The molecule has 2 aromatic heterocycles. The van der Waals surface area contributed by atoms with Crippen LogP contribution >= 0.6 is 11.6 Å². The lowest BCUT2D eigenvalue weighted by Crippen LogP contribution is -2.45. The van der Waals surface area contributed by atoms with Gasteiger partial charge in [-0.15, -0.1) is 10.2 Å². The highest BCUT2D eigenvalue weighted by molar-refractivity contribution is 7.91. The fourth-order valence-corrected chi connectivity index (χ4v) is 5.45. The third-order valence-corrected chi connectivity index (χ3v) is 7.56. The largest absolute Gasteiger partial charge is 0.414 e. The molecule has 184 valence electrons. The summed E-state index contributed by atoms with van der Waals surface area (Å²) in [5, 5.41) is 8.12. The van der Waals surface area contributed by atoms with Crippen molar-refractivity contribution < 1.29 is 26.4 Å². The summed E-state index contributed by atoms with van der Waals surface area (Å²) in [5.74, 6) is -3.28. The van der Waals surface area contributed by atoms with Crippen molar-refractivity contribution in [1.29, 1.82) is 0 Å². The van der Waals surface area contributed by atoms with E-state index in [1.54, 1.807) is 24.3 Å². The minimum absolute atomic E-state index is 0.0497. The molecule has 13 heteroatoms. The molecule has 0 saturated carbocycles. The number of nitrogens with zero attached hydrogens (tertiary/aromatic N) is 4. The maximum absolute atomic E-state index is 15.2. The van der Waals surface area contributed by atoms with Crippen molar-refractivity contribution in [3.8, 4) is 23.0 Å². The van der Waals surface area contributed by atoms with Crippen LogP contribution in [0.15, 0.2) is 64.0 Å². The lowest BCUT2D eigenvalue weighted by atomic mass is 10.1. The van der Waals surface area contributed by atoms with Gasteiger partial charge in [-0.3, -0.25) is 4.79 Å². The molecule has 0 bridgehead atoms. The molecule has 0 spiro atoms. The number of carbonyl (C=O) groups is 1. The zero-order valence-corrected chi connectivity index (χ0v) is 19.8. The van der Waals surface area contributed by atoms with Crippen molar-refractivity contribution >= 4 is 33.0 Å². The number of carbonyl (C=O) groups excluding carboxylic acids is 1. The molecule has 0 aliphatic carbocycles. The van der Waals surface area contributed by atoms with E-state index in [1.807, 2.05) is 0 Å². The quantitative estimate of drug-likeness (QED) is 0.424. The molecular weight excluding hydrogens is 516 g/mol. The van der Waals surface area contributed by atoms with E-state index in [2.05, 4.69) is 15.2 Å². The Hall–Kier alpha value is -3.74. The first-order valence-corrected chi connectivity index (χ1v) is 12.5. The van der Waals surface area contributed by atoms with Gasteiger partial charge in [0.25, 0.3) is 11.8 Å². The summed E-state index contributed by atoms with van der Waals surface area (Å²) in [7, 11) is -4.12. The Morgan fingerprint density at radius 3 is 2.50 bits per heavy atom. The highest BCUT2D eigenvalue weighted by atomic mass is 35.5. The van der Waals surface area contributed by atoms with Gasteiger partial charge >= 0.3 is 0 Å². The van der Waals surface area contributed by atoms with E-state index in [9.17, 15) is 17.6 Å². The van der Waals surface area contributed by atoms with Crippen LogP contribution in [-0.2, 0) is 21.2 Å². The second-order valence-corrected chi connectivity index (χ2v) is 10.5. The number of aromatic nitrogens is 3. The van der Waals surface area contributed by atoms with Gasteiger partial charge in [0.15, 0.2) is 9.84 Å².